The highest BCUT2D eigenvalue weighted by atomic mass is 16.2. The number of aromatic nitrogens is 5. The fourth-order valence-corrected chi connectivity index (χ4v) is 2.77. The van der Waals surface area contributed by atoms with Crippen molar-refractivity contribution in [3.63, 3.8) is 0 Å². The van der Waals surface area contributed by atoms with Gasteiger partial charge in [0, 0.05) is 12.7 Å². The monoisotopic (exact) mass is 326 g/mol. The lowest BCUT2D eigenvalue weighted by molar-refractivity contribution is -0.116. The summed E-state index contributed by atoms with van der Waals surface area (Å²) >= 11 is 0. The van der Waals surface area contributed by atoms with Crippen LogP contribution in [0.1, 0.15) is 16.7 Å². The lowest BCUT2D eigenvalue weighted by Gasteiger charge is -2.13. The van der Waals surface area contributed by atoms with Crippen LogP contribution >= 0.6 is 0 Å². The van der Waals surface area contributed by atoms with Crippen molar-refractivity contribution >= 4 is 22.8 Å². The van der Waals surface area contributed by atoms with E-state index in [2.05, 4.69) is 20.6 Å². The molecule has 0 spiro atoms. The zero-order valence-electron chi connectivity index (χ0n) is 14.0. The second-order valence-electron chi connectivity index (χ2n) is 5.88. The standard InChI is InChI=1S/C16H18N6O2/c1-9-5-10(2)13(11(3)6-9)18-12(23)7-22-8-17-15-14(16(22)24)19-20-21(15)4/h5-6,8H,7H2,1-4H3,(H,18,23). The average molecular weight is 326 g/mol. The van der Waals surface area contributed by atoms with Crippen LogP contribution in [0.2, 0.25) is 0 Å². The molecule has 0 fully saturated rings. The van der Waals surface area contributed by atoms with E-state index < -0.39 is 0 Å². The van der Waals surface area contributed by atoms with E-state index in [1.807, 2.05) is 32.9 Å². The van der Waals surface area contributed by atoms with Gasteiger partial charge in [0.05, 0.1) is 0 Å². The summed E-state index contributed by atoms with van der Waals surface area (Å²) in [7, 11) is 1.65. The third kappa shape index (κ3) is 2.78. The Morgan fingerprint density at radius 3 is 2.54 bits per heavy atom. The molecule has 1 amide bonds. The first-order chi connectivity index (χ1) is 11.4. The molecule has 0 saturated heterocycles. The molecule has 124 valence electrons. The Bertz CT molecular complexity index is 978. The Morgan fingerprint density at radius 2 is 1.88 bits per heavy atom. The number of hydrogen-bond acceptors (Lipinski definition) is 5. The summed E-state index contributed by atoms with van der Waals surface area (Å²) in [5, 5.41) is 10.4. The molecule has 8 heteroatoms. The van der Waals surface area contributed by atoms with Crippen molar-refractivity contribution in [2.75, 3.05) is 5.32 Å². The molecule has 0 saturated carbocycles. The van der Waals surface area contributed by atoms with Gasteiger partial charge in [-0.05, 0) is 31.9 Å². The highest BCUT2D eigenvalue weighted by molar-refractivity contribution is 5.92. The van der Waals surface area contributed by atoms with Crippen LogP contribution in [0.3, 0.4) is 0 Å². The number of amides is 1. The van der Waals surface area contributed by atoms with Crippen molar-refractivity contribution < 1.29 is 4.79 Å². The molecule has 2 aromatic heterocycles. The summed E-state index contributed by atoms with van der Waals surface area (Å²) < 4.78 is 2.64. The molecule has 8 nitrogen and oxygen atoms in total. The lowest BCUT2D eigenvalue weighted by Crippen LogP contribution is -2.28. The van der Waals surface area contributed by atoms with Crippen LogP contribution in [0.4, 0.5) is 5.69 Å². The van der Waals surface area contributed by atoms with E-state index >= 15 is 0 Å². The Kier molecular flexibility index (Phi) is 3.88. The lowest BCUT2D eigenvalue weighted by atomic mass is 10.1. The van der Waals surface area contributed by atoms with Gasteiger partial charge in [0.2, 0.25) is 5.91 Å². The molecule has 24 heavy (non-hydrogen) atoms. The van der Waals surface area contributed by atoms with Crippen LogP contribution in [0.25, 0.3) is 11.2 Å². The molecule has 1 N–H and O–H groups in total. The van der Waals surface area contributed by atoms with Crippen LogP contribution in [-0.2, 0) is 18.4 Å². The second-order valence-corrected chi connectivity index (χ2v) is 5.88. The smallest absolute Gasteiger partial charge is 0.283 e. The number of fused-ring (bicyclic) bond motifs is 1. The molecule has 3 rings (SSSR count). The van der Waals surface area contributed by atoms with Crippen LogP contribution < -0.4 is 10.9 Å². The predicted octanol–water partition coefficient (Wildman–Crippen LogP) is 1.09. The number of carbonyl (C=O) groups excluding carboxylic acids is 1. The Labute approximate surface area is 138 Å². The van der Waals surface area contributed by atoms with E-state index in [4.69, 9.17) is 0 Å². The van der Waals surface area contributed by atoms with Gasteiger partial charge in [-0.25, -0.2) is 9.67 Å². The Morgan fingerprint density at radius 1 is 1.21 bits per heavy atom. The topological polar surface area (TPSA) is 94.7 Å². The van der Waals surface area contributed by atoms with Crippen molar-refractivity contribution in [2.45, 2.75) is 27.3 Å². The minimum Gasteiger partial charge on any atom is -0.324 e. The molecule has 2 heterocycles. The van der Waals surface area contributed by atoms with E-state index in [1.165, 1.54) is 15.6 Å². The predicted molar refractivity (Wildman–Crippen MR) is 89.8 cm³/mol. The average Bonchev–Trinajstić information content (AvgIpc) is 2.88. The maximum Gasteiger partial charge on any atom is 0.283 e. The molecule has 0 aliphatic rings. The fraction of sp³-hybridized carbons (Fsp3) is 0.312. The maximum atomic E-state index is 12.3. The largest absolute Gasteiger partial charge is 0.324 e. The van der Waals surface area contributed by atoms with Gasteiger partial charge in [-0.15, -0.1) is 5.10 Å². The molecular weight excluding hydrogens is 308 g/mol. The van der Waals surface area contributed by atoms with Crippen molar-refractivity contribution in [3.8, 4) is 0 Å². The fourth-order valence-electron chi connectivity index (χ4n) is 2.77. The first-order valence-electron chi connectivity index (χ1n) is 7.49. The number of rotatable bonds is 3. The third-order valence-corrected chi connectivity index (χ3v) is 3.84. The summed E-state index contributed by atoms with van der Waals surface area (Å²) in [5.74, 6) is -0.294. The van der Waals surface area contributed by atoms with Crippen LogP contribution in [-0.4, -0.2) is 30.5 Å². The zero-order valence-corrected chi connectivity index (χ0v) is 14.0. The van der Waals surface area contributed by atoms with Crippen molar-refractivity contribution in [3.05, 3.63) is 45.5 Å². The van der Waals surface area contributed by atoms with E-state index in [1.54, 1.807) is 7.05 Å². The van der Waals surface area contributed by atoms with Gasteiger partial charge in [-0.1, -0.05) is 22.9 Å². The van der Waals surface area contributed by atoms with Gasteiger partial charge in [-0.3, -0.25) is 14.2 Å². The highest BCUT2D eigenvalue weighted by Gasteiger charge is 2.13. The van der Waals surface area contributed by atoms with E-state index in [9.17, 15) is 9.59 Å². The first-order valence-corrected chi connectivity index (χ1v) is 7.49. The van der Waals surface area contributed by atoms with E-state index in [-0.39, 0.29) is 23.5 Å². The highest BCUT2D eigenvalue weighted by Crippen LogP contribution is 2.21. The molecular formula is C16H18N6O2. The molecule has 0 unspecified atom stereocenters. The molecule has 1 aromatic carbocycles. The van der Waals surface area contributed by atoms with Gasteiger partial charge in [-0.2, -0.15) is 0 Å². The molecule has 0 radical (unpaired) electrons. The summed E-state index contributed by atoms with van der Waals surface area (Å²) in [6.07, 6.45) is 1.34. The molecule has 0 atom stereocenters. The zero-order chi connectivity index (χ0) is 17.4. The maximum absolute atomic E-state index is 12.3. The number of hydrogen-bond donors (Lipinski definition) is 1. The third-order valence-electron chi connectivity index (χ3n) is 3.84. The molecule has 0 bridgehead atoms. The SMILES string of the molecule is Cc1cc(C)c(NC(=O)Cn2cnc3c(nnn3C)c2=O)c(C)c1. The van der Waals surface area contributed by atoms with Crippen molar-refractivity contribution in [1.29, 1.82) is 0 Å². The Balaban J connectivity index is 1.86. The van der Waals surface area contributed by atoms with Gasteiger partial charge >= 0.3 is 0 Å². The van der Waals surface area contributed by atoms with Crippen molar-refractivity contribution in [1.82, 2.24) is 24.5 Å². The summed E-state index contributed by atoms with van der Waals surface area (Å²) in [5.41, 5.74) is 4.02. The minimum absolute atomic E-state index is 0.134. The minimum atomic E-state index is -0.388. The molecule has 3 aromatic rings. The quantitative estimate of drug-likeness (QED) is 0.777. The van der Waals surface area contributed by atoms with Gasteiger partial charge in [0.15, 0.2) is 11.2 Å². The second kappa shape index (κ2) is 5.88. The van der Waals surface area contributed by atoms with E-state index in [0.717, 1.165) is 22.4 Å². The summed E-state index contributed by atoms with van der Waals surface area (Å²) in [6.45, 7) is 5.75. The number of benzene rings is 1. The number of nitrogens with zero attached hydrogens (tertiary/aromatic N) is 5. The van der Waals surface area contributed by atoms with Crippen LogP contribution in [0, 0.1) is 20.8 Å². The van der Waals surface area contributed by atoms with Crippen LogP contribution in [0.15, 0.2) is 23.3 Å². The Hall–Kier alpha value is -3.03. The van der Waals surface area contributed by atoms with Gasteiger partial charge in [0.25, 0.3) is 5.56 Å². The van der Waals surface area contributed by atoms with E-state index in [0.29, 0.717) is 5.65 Å². The van der Waals surface area contributed by atoms with Gasteiger partial charge in [0.1, 0.15) is 12.9 Å². The molecule has 0 aliphatic heterocycles. The van der Waals surface area contributed by atoms with Crippen LogP contribution in [0.5, 0.6) is 0 Å². The van der Waals surface area contributed by atoms with Gasteiger partial charge < -0.3 is 5.32 Å². The normalized spacial score (nSPS) is 11.0. The first kappa shape index (κ1) is 15.9. The van der Waals surface area contributed by atoms with Crippen molar-refractivity contribution in [2.24, 2.45) is 7.05 Å². The molecule has 0 aliphatic carbocycles. The number of aryl methyl sites for hydroxylation is 4. The summed E-state index contributed by atoms with van der Waals surface area (Å²) in [4.78, 5) is 28.8. The number of anilines is 1. The summed E-state index contributed by atoms with van der Waals surface area (Å²) in [6, 6.07) is 4.00. The number of carbonyl (C=O) groups is 1. The number of nitrogens with one attached hydrogen (secondary N) is 1.